The van der Waals surface area contributed by atoms with E-state index in [-0.39, 0.29) is 24.0 Å². The maximum atomic E-state index is 12.6. The van der Waals surface area contributed by atoms with Gasteiger partial charge in [0.05, 0.1) is 11.1 Å². The molecular formula is C16H16N4O5. The number of fused-ring (bicyclic) bond motifs is 1. The molecule has 1 fully saturated rings. The van der Waals surface area contributed by atoms with Gasteiger partial charge in [-0.05, 0) is 24.6 Å². The first-order chi connectivity index (χ1) is 12.0. The summed E-state index contributed by atoms with van der Waals surface area (Å²) in [5, 5.41) is 7.68. The molecule has 2 aliphatic heterocycles. The summed E-state index contributed by atoms with van der Waals surface area (Å²) in [6, 6.07) is 3.75. The molecular weight excluding hydrogens is 328 g/mol. The minimum Gasteiger partial charge on any atom is -0.383 e. The molecule has 5 amide bonds. The SMILES string of the molecule is O=CNCCNc1ccc2c(c1)C(=O)N(C1CCC(=O)NC1=O)C2=O. The van der Waals surface area contributed by atoms with Gasteiger partial charge in [-0.15, -0.1) is 0 Å². The summed E-state index contributed by atoms with van der Waals surface area (Å²) < 4.78 is 0. The van der Waals surface area contributed by atoms with Gasteiger partial charge in [0, 0.05) is 25.2 Å². The normalized spacial score (nSPS) is 19.5. The number of nitrogens with zero attached hydrogens (tertiary/aromatic N) is 1. The molecule has 3 rings (SSSR count). The number of amides is 5. The third-order valence-electron chi connectivity index (χ3n) is 4.12. The minimum absolute atomic E-state index is 0.0837. The van der Waals surface area contributed by atoms with E-state index in [1.54, 1.807) is 12.1 Å². The van der Waals surface area contributed by atoms with Crippen molar-refractivity contribution >= 4 is 35.7 Å². The number of hydrogen-bond donors (Lipinski definition) is 3. The van der Waals surface area contributed by atoms with Crippen LogP contribution in [0.3, 0.4) is 0 Å². The van der Waals surface area contributed by atoms with Gasteiger partial charge in [0.15, 0.2) is 0 Å². The molecule has 1 aromatic carbocycles. The third-order valence-corrected chi connectivity index (χ3v) is 4.12. The summed E-state index contributed by atoms with van der Waals surface area (Å²) in [7, 11) is 0. The molecule has 0 saturated carbocycles. The zero-order valence-corrected chi connectivity index (χ0v) is 13.2. The number of carbonyl (C=O) groups excluding carboxylic acids is 5. The lowest BCUT2D eigenvalue weighted by atomic mass is 10.0. The number of hydrogen-bond acceptors (Lipinski definition) is 6. The van der Waals surface area contributed by atoms with Crippen LogP contribution in [0.4, 0.5) is 5.69 Å². The van der Waals surface area contributed by atoms with Crippen LogP contribution in [0.25, 0.3) is 0 Å². The first kappa shape index (κ1) is 16.6. The van der Waals surface area contributed by atoms with Crippen molar-refractivity contribution in [2.75, 3.05) is 18.4 Å². The average molecular weight is 344 g/mol. The maximum absolute atomic E-state index is 12.6. The number of piperidine rings is 1. The average Bonchev–Trinajstić information content (AvgIpc) is 2.83. The van der Waals surface area contributed by atoms with E-state index in [0.29, 0.717) is 25.2 Å². The summed E-state index contributed by atoms with van der Waals surface area (Å²) >= 11 is 0. The zero-order valence-electron chi connectivity index (χ0n) is 13.2. The van der Waals surface area contributed by atoms with Gasteiger partial charge in [0.25, 0.3) is 11.8 Å². The molecule has 1 unspecified atom stereocenters. The van der Waals surface area contributed by atoms with E-state index < -0.39 is 29.7 Å². The summed E-state index contributed by atoms with van der Waals surface area (Å²) in [5.41, 5.74) is 1.06. The van der Waals surface area contributed by atoms with Crippen molar-refractivity contribution in [2.24, 2.45) is 0 Å². The Kier molecular flexibility index (Phi) is 4.46. The fourth-order valence-corrected chi connectivity index (χ4v) is 2.92. The molecule has 0 bridgehead atoms. The van der Waals surface area contributed by atoms with Gasteiger partial charge in [-0.1, -0.05) is 0 Å². The summed E-state index contributed by atoms with van der Waals surface area (Å²) in [6.45, 7) is 0.867. The Morgan fingerprint density at radius 2 is 1.88 bits per heavy atom. The highest BCUT2D eigenvalue weighted by molar-refractivity contribution is 6.23. The van der Waals surface area contributed by atoms with Gasteiger partial charge < -0.3 is 10.6 Å². The molecule has 2 aliphatic rings. The van der Waals surface area contributed by atoms with Crippen molar-refractivity contribution in [3.05, 3.63) is 29.3 Å². The second-order valence-corrected chi connectivity index (χ2v) is 5.71. The number of imide groups is 2. The number of rotatable bonds is 6. The van der Waals surface area contributed by atoms with Crippen molar-refractivity contribution in [3.63, 3.8) is 0 Å². The fourth-order valence-electron chi connectivity index (χ4n) is 2.92. The van der Waals surface area contributed by atoms with Gasteiger partial charge in [-0.3, -0.25) is 34.2 Å². The lowest BCUT2D eigenvalue weighted by Crippen LogP contribution is -2.54. The summed E-state index contributed by atoms with van der Waals surface area (Å²) in [5.74, 6) is -2.13. The van der Waals surface area contributed by atoms with E-state index in [9.17, 15) is 24.0 Å². The fraction of sp³-hybridized carbons (Fsp3) is 0.312. The van der Waals surface area contributed by atoms with Crippen LogP contribution < -0.4 is 16.0 Å². The molecule has 9 nitrogen and oxygen atoms in total. The van der Waals surface area contributed by atoms with E-state index >= 15 is 0 Å². The Bertz CT molecular complexity index is 776. The molecule has 130 valence electrons. The second-order valence-electron chi connectivity index (χ2n) is 5.71. The van der Waals surface area contributed by atoms with E-state index in [2.05, 4.69) is 16.0 Å². The molecule has 25 heavy (non-hydrogen) atoms. The topological polar surface area (TPSA) is 125 Å². The van der Waals surface area contributed by atoms with Gasteiger partial charge in [0.2, 0.25) is 18.2 Å². The highest BCUT2D eigenvalue weighted by Crippen LogP contribution is 2.29. The molecule has 1 aromatic rings. The molecule has 1 atom stereocenters. The molecule has 2 heterocycles. The Morgan fingerprint density at radius 3 is 2.60 bits per heavy atom. The monoisotopic (exact) mass is 344 g/mol. The second kappa shape index (κ2) is 6.71. The summed E-state index contributed by atoms with van der Waals surface area (Å²) in [4.78, 5) is 59.5. The first-order valence-electron chi connectivity index (χ1n) is 7.79. The Hall–Kier alpha value is -3.23. The van der Waals surface area contributed by atoms with Crippen LogP contribution in [-0.4, -0.2) is 54.1 Å². The van der Waals surface area contributed by atoms with E-state index in [1.807, 2.05) is 0 Å². The largest absolute Gasteiger partial charge is 0.383 e. The van der Waals surface area contributed by atoms with Gasteiger partial charge in [-0.25, -0.2) is 0 Å². The van der Waals surface area contributed by atoms with Crippen molar-refractivity contribution in [1.29, 1.82) is 0 Å². The van der Waals surface area contributed by atoms with Crippen LogP contribution in [0.5, 0.6) is 0 Å². The smallest absolute Gasteiger partial charge is 0.262 e. The highest BCUT2D eigenvalue weighted by atomic mass is 16.2. The molecule has 0 aromatic heterocycles. The van der Waals surface area contributed by atoms with Crippen LogP contribution in [0.15, 0.2) is 18.2 Å². The number of anilines is 1. The van der Waals surface area contributed by atoms with E-state index in [0.717, 1.165) is 4.90 Å². The number of nitrogens with one attached hydrogen (secondary N) is 3. The van der Waals surface area contributed by atoms with Crippen LogP contribution in [0, 0.1) is 0 Å². The van der Waals surface area contributed by atoms with Crippen molar-refractivity contribution in [3.8, 4) is 0 Å². The standard InChI is InChI=1S/C16H16N4O5/c21-8-17-5-6-18-9-1-2-10-11(7-9)16(25)20(15(10)24)12-3-4-13(22)19-14(12)23/h1-2,7-8,12,18H,3-6H2,(H,17,21)(H,19,22,23). The maximum Gasteiger partial charge on any atom is 0.262 e. The van der Waals surface area contributed by atoms with Gasteiger partial charge in [0.1, 0.15) is 6.04 Å². The molecule has 1 saturated heterocycles. The molecule has 0 radical (unpaired) electrons. The van der Waals surface area contributed by atoms with E-state index in [4.69, 9.17) is 0 Å². The van der Waals surface area contributed by atoms with Crippen molar-refractivity contribution in [2.45, 2.75) is 18.9 Å². The quantitative estimate of drug-likeness (QED) is 0.354. The first-order valence-corrected chi connectivity index (χ1v) is 7.79. The third kappa shape index (κ3) is 3.08. The zero-order chi connectivity index (χ0) is 18.0. The predicted octanol–water partition coefficient (Wildman–Crippen LogP) is -0.754. The Morgan fingerprint density at radius 1 is 1.12 bits per heavy atom. The molecule has 0 aliphatic carbocycles. The van der Waals surface area contributed by atoms with Crippen LogP contribution >= 0.6 is 0 Å². The van der Waals surface area contributed by atoms with Crippen LogP contribution in [-0.2, 0) is 14.4 Å². The van der Waals surface area contributed by atoms with Crippen molar-refractivity contribution < 1.29 is 24.0 Å². The van der Waals surface area contributed by atoms with Gasteiger partial charge in [-0.2, -0.15) is 0 Å². The molecule has 3 N–H and O–H groups in total. The Labute approximate surface area is 142 Å². The lowest BCUT2D eigenvalue weighted by molar-refractivity contribution is -0.136. The van der Waals surface area contributed by atoms with Crippen molar-refractivity contribution in [1.82, 2.24) is 15.5 Å². The van der Waals surface area contributed by atoms with Gasteiger partial charge >= 0.3 is 0 Å². The number of benzene rings is 1. The number of carbonyl (C=O) groups is 5. The minimum atomic E-state index is -0.974. The highest BCUT2D eigenvalue weighted by Gasteiger charge is 2.44. The van der Waals surface area contributed by atoms with E-state index in [1.165, 1.54) is 6.07 Å². The predicted molar refractivity (Wildman–Crippen MR) is 85.7 cm³/mol. The molecule has 0 spiro atoms. The van der Waals surface area contributed by atoms with Crippen LogP contribution in [0.2, 0.25) is 0 Å². The van der Waals surface area contributed by atoms with Crippen LogP contribution in [0.1, 0.15) is 33.6 Å². The lowest BCUT2D eigenvalue weighted by Gasteiger charge is -2.27. The molecule has 9 heteroatoms. The summed E-state index contributed by atoms with van der Waals surface area (Å²) in [6.07, 6.45) is 0.795. The Balaban J connectivity index is 1.78.